The van der Waals surface area contributed by atoms with Crippen molar-refractivity contribution in [3.05, 3.63) is 63.0 Å². The van der Waals surface area contributed by atoms with Crippen LogP contribution in [0.3, 0.4) is 0 Å². The van der Waals surface area contributed by atoms with Crippen molar-refractivity contribution >= 4 is 40.1 Å². The Balaban J connectivity index is 2.35. The summed E-state index contributed by atoms with van der Waals surface area (Å²) in [6, 6.07) is 11.0. The van der Waals surface area contributed by atoms with Crippen molar-refractivity contribution in [3.8, 4) is 0 Å². The minimum atomic E-state index is -0.497. The fraction of sp³-hybridized carbons (Fsp3) is 0.176. The van der Waals surface area contributed by atoms with Gasteiger partial charge in [0.15, 0.2) is 0 Å². The Morgan fingerprint density at radius 3 is 2.39 bits per heavy atom. The standard InChI is InChI=1S/C17H16FIN2O2/c1-11-10-12(2-7-15(11)19)17(23)21(9-8-16(20)22)14-5-3-13(18)4-6-14/h2-7,10H,8-9H2,1H3,(H2,20,22). The van der Waals surface area contributed by atoms with Crippen LogP contribution in [0.5, 0.6) is 0 Å². The summed E-state index contributed by atoms with van der Waals surface area (Å²) in [7, 11) is 0. The molecule has 0 atom stereocenters. The lowest BCUT2D eigenvalue weighted by atomic mass is 10.1. The summed E-state index contributed by atoms with van der Waals surface area (Å²) in [5.74, 6) is -1.14. The second kappa shape index (κ2) is 7.54. The Kier molecular flexibility index (Phi) is 5.70. The quantitative estimate of drug-likeness (QED) is 0.747. The molecule has 0 aliphatic carbocycles. The highest BCUT2D eigenvalue weighted by Crippen LogP contribution is 2.20. The van der Waals surface area contributed by atoms with Gasteiger partial charge in [0.2, 0.25) is 5.91 Å². The zero-order chi connectivity index (χ0) is 17.0. The average molecular weight is 426 g/mol. The molecule has 2 amide bonds. The van der Waals surface area contributed by atoms with Crippen LogP contribution in [0.2, 0.25) is 0 Å². The molecule has 0 fully saturated rings. The molecule has 0 aliphatic rings. The number of hydrogen-bond donors (Lipinski definition) is 1. The minimum absolute atomic E-state index is 0.0342. The maximum absolute atomic E-state index is 13.1. The molecular formula is C17H16FIN2O2. The van der Waals surface area contributed by atoms with Crippen molar-refractivity contribution in [1.29, 1.82) is 0 Å². The van der Waals surface area contributed by atoms with Gasteiger partial charge < -0.3 is 10.6 Å². The molecule has 0 spiro atoms. The predicted molar refractivity (Wildman–Crippen MR) is 95.8 cm³/mol. The van der Waals surface area contributed by atoms with E-state index in [4.69, 9.17) is 5.73 Å². The van der Waals surface area contributed by atoms with Crippen molar-refractivity contribution in [1.82, 2.24) is 0 Å². The van der Waals surface area contributed by atoms with Gasteiger partial charge in [-0.05, 0) is 77.5 Å². The van der Waals surface area contributed by atoms with Gasteiger partial charge in [-0.15, -0.1) is 0 Å². The largest absolute Gasteiger partial charge is 0.370 e. The van der Waals surface area contributed by atoms with E-state index in [9.17, 15) is 14.0 Å². The third-order valence-corrected chi connectivity index (χ3v) is 4.58. The highest BCUT2D eigenvalue weighted by Gasteiger charge is 2.19. The first-order chi connectivity index (χ1) is 10.9. The topological polar surface area (TPSA) is 63.4 Å². The number of carbonyl (C=O) groups excluding carboxylic acids is 2. The van der Waals surface area contributed by atoms with E-state index in [0.717, 1.165) is 9.13 Å². The van der Waals surface area contributed by atoms with Crippen LogP contribution in [0, 0.1) is 16.3 Å². The maximum Gasteiger partial charge on any atom is 0.258 e. The van der Waals surface area contributed by atoms with Gasteiger partial charge in [0.05, 0.1) is 0 Å². The van der Waals surface area contributed by atoms with Crippen LogP contribution in [0.15, 0.2) is 42.5 Å². The average Bonchev–Trinajstić information content (AvgIpc) is 2.51. The molecule has 0 aliphatic heterocycles. The van der Waals surface area contributed by atoms with Gasteiger partial charge in [0.1, 0.15) is 5.82 Å². The molecule has 0 heterocycles. The number of nitrogens with two attached hydrogens (primary N) is 1. The summed E-state index contributed by atoms with van der Waals surface area (Å²) in [6.45, 7) is 2.06. The lowest BCUT2D eigenvalue weighted by Gasteiger charge is -2.23. The molecule has 0 aromatic heterocycles. The molecular weight excluding hydrogens is 410 g/mol. The SMILES string of the molecule is Cc1cc(C(=O)N(CCC(N)=O)c2ccc(F)cc2)ccc1I. The van der Waals surface area contributed by atoms with Crippen LogP contribution in [0.1, 0.15) is 22.3 Å². The van der Waals surface area contributed by atoms with E-state index in [0.29, 0.717) is 11.3 Å². The minimum Gasteiger partial charge on any atom is -0.370 e. The van der Waals surface area contributed by atoms with E-state index < -0.39 is 5.91 Å². The summed E-state index contributed by atoms with van der Waals surface area (Å²) < 4.78 is 14.2. The Morgan fingerprint density at radius 2 is 1.83 bits per heavy atom. The number of primary amides is 1. The first-order valence-electron chi connectivity index (χ1n) is 7.00. The van der Waals surface area contributed by atoms with Gasteiger partial charge in [0.25, 0.3) is 5.91 Å². The summed E-state index contributed by atoms with van der Waals surface area (Å²) in [5.41, 5.74) is 7.21. The molecule has 0 saturated carbocycles. The second-order valence-corrected chi connectivity index (χ2v) is 6.28. The zero-order valence-electron chi connectivity index (χ0n) is 12.6. The first-order valence-corrected chi connectivity index (χ1v) is 8.08. The monoisotopic (exact) mass is 426 g/mol. The Bertz CT molecular complexity index is 732. The van der Waals surface area contributed by atoms with Crippen LogP contribution in [-0.2, 0) is 4.79 Å². The van der Waals surface area contributed by atoms with Crippen molar-refractivity contribution < 1.29 is 14.0 Å². The van der Waals surface area contributed by atoms with Crippen molar-refractivity contribution in [2.75, 3.05) is 11.4 Å². The third kappa shape index (κ3) is 4.51. The van der Waals surface area contributed by atoms with Gasteiger partial charge in [-0.3, -0.25) is 9.59 Å². The molecule has 2 rings (SSSR count). The lowest BCUT2D eigenvalue weighted by molar-refractivity contribution is -0.117. The molecule has 120 valence electrons. The van der Waals surface area contributed by atoms with Gasteiger partial charge in [-0.25, -0.2) is 4.39 Å². The van der Waals surface area contributed by atoms with Crippen LogP contribution in [-0.4, -0.2) is 18.4 Å². The zero-order valence-corrected chi connectivity index (χ0v) is 14.7. The van der Waals surface area contributed by atoms with E-state index in [-0.39, 0.29) is 24.7 Å². The number of rotatable bonds is 5. The molecule has 2 N–H and O–H groups in total. The van der Waals surface area contributed by atoms with Crippen LogP contribution < -0.4 is 10.6 Å². The van der Waals surface area contributed by atoms with Gasteiger partial charge in [0, 0.05) is 27.8 Å². The van der Waals surface area contributed by atoms with Crippen molar-refractivity contribution in [2.24, 2.45) is 5.73 Å². The van der Waals surface area contributed by atoms with Crippen molar-refractivity contribution in [2.45, 2.75) is 13.3 Å². The number of aryl methyl sites for hydroxylation is 1. The third-order valence-electron chi connectivity index (χ3n) is 3.37. The molecule has 2 aromatic rings. The lowest BCUT2D eigenvalue weighted by Crippen LogP contribution is -2.34. The van der Waals surface area contributed by atoms with E-state index in [1.54, 1.807) is 12.1 Å². The molecule has 2 aromatic carbocycles. The van der Waals surface area contributed by atoms with Crippen LogP contribution in [0.4, 0.5) is 10.1 Å². The molecule has 6 heteroatoms. The number of benzene rings is 2. The maximum atomic E-state index is 13.1. The number of amides is 2. The second-order valence-electron chi connectivity index (χ2n) is 5.11. The van der Waals surface area contributed by atoms with Crippen molar-refractivity contribution in [3.63, 3.8) is 0 Å². The summed E-state index contributed by atoms with van der Waals surface area (Å²) >= 11 is 2.19. The van der Waals surface area contributed by atoms with Gasteiger partial charge >= 0.3 is 0 Å². The normalized spacial score (nSPS) is 10.4. The highest BCUT2D eigenvalue weighted by atomic mass is 127. The Labute approximate surface area is 147 Å². The fourth-order valence-electron chi connectivity index (χ4n) is 2.12. The molecule has 0 saturated heterocycles. The number of nitrogens with zero attached hydrogens (tertiary/aromatic N) is 1. The van der Waals surface area contributed by atoms with Gasteiger partial charge in [-0.2, -0.15) is 0 Å². The first kappa shape index (κ1) is 17.4. The van der Waals surface area contributed by atoms with Crippen LogP contribution >= 0.6 is 22.6 Å². The summed E-state index contributed by atoms with van der Waals surface area (Å²) in [6.07, 6.45) is 0.0342. The number of anilines is 1. The molecule has 23 heavy (non-hydrogen) atoms. The molecule has 0 bridgehead atoms. The summed E-state index contributed by atoms with van der Waals surface area (Å²) in [5, 5.41) is 0. The Hall–Kier alpha value is -1.96. The van der Waals surface area contributed by atoms with E-state index in [1.807, 2.05) is 13.0 Å². The number of halogens is 2. The summed E-state index contributed by atoms with van der Waals surface area (Å²) in [4.78, 5) is 25.3. The molecule has 0 radical (unpaired) electrons. The number of hydrogen-bond acceptors (Lipinski definition) is 2. The predicted octanol–water partition coefficient (Wildman–Crippen LogP) is 3.26. The molecule has 4 nitrogen and oxygen atoms in total. The van der Waals surface area contributed by atoms with Crippen LogP contribution in [0.25, 0.3) is 0 Å². The fourth-order valence-corrected chi connectivity index (χ4v) is 2.46. The molecule has 0 unspecified atom stereocenters. The number of carbonyl (C=O) groups is 2. The highest BCUT2D eigenvalue weighted by molar-refractivity contribution is 14.1. The van der Waals surface area contributed by atoms with E-state index in [2.05, 4.69) is 22.6 Å². The van der Waals surface area contributed by atoms with Gasteiger partial charge in [-0.1, -0.05) is 0 Å². The van der Waals surface area contributed by atoms with E-state index >= 15 is 0 Å². The Morgan fingerprint density at radius 1 is 1.17 bits per heavy atom. The smallest absolute Gasteiger partial charge is 0.258 e. The van der Waals surface area contributed by atoms with E-state index in [1.165, 1.54) is 29.2 Å².